The third-order valence-electron chi connectivity index (χ3n) is 7.07. The summed E-state index contributed by atoms with van der Waals surface area (Å²) in [6.45, 7) is 4.64. The van der Waals surface area contributed by atoms with E-state index in [1.54, 1.807) is 0 Å². The molecule has 3 aliphatic rings. The van der Waals surface area contributed by atoms with Crippen molar-refractivity contribution in [3.63, 3.8) is 0 Å². The molecule has 0 bridgehead atoms. The maximum absolute atomic E-state index is 13.1. The summed E-state index contributed by atoms with van der Waals surface area (Å²) in [5, 5.41) is 10.5. The van der Waals surface area contributed by atoms with E-state index in [1.165, 1.54) is 0 Å². The molecule has 0 spiro atoms. The van der Waals surface area contributed by atoms with E-state index in [4.69, 9.17) is 0 Å². The highest BCUT2D eigenvalue weighted by atomic mass is 16.2. The zero-order chi connectivity index (χ0) is 22.5. The topological polar surface area (TPSA) is 96.3 Å². The SMILES string of the molecule is Cc1nn(Cc2ccccc2)c(C)c1CNC(=O)CN1C(=O)NC(C2CC2)(C2CC2)C1=O. The van der Waals surface area contributed by atoms with Crippen LogP contribution in [0.2, 0.25) is 0 Å². The standard InChI is InChI=1S/C24H29N5O3/c1-15-20(16(2)29(27-15)13-17-6-4-3-5-7-17)12-25-21(30)14-28-22(31)24(18-8-9-18,19-10-11-19)26-23(28)32/h3-7,18-19H,8-14H2,1-2H3,(H,25,30)(H,26,32). The fourth-order valence-electron chi connectivity index (χ4n) is 5.01. The minimum absolute atomic E-state index is 0.217. The number of urea groups is 1. The van der Waals surface area contributed by atoms with Crippen LogP contribution in [0.1, 0.15) is 48.2 Å². The van der Waals surface area contributed by atoms with E-state index in [0.29, 0.717) is 13.1 Å². The number of benzene rings is 1. The zero-order valence-corrected chi connectivity index (χ0v) is 18.6. The van der Waals surface area contributed by atoms with Gasteiger partial charge in [0.25, 0.3) is 5.91 Å². The molecule has 2 aliphatic carbocycles. The van der Waals surface area contributed by atoms with Crippen molar-refractivity contribution in [2.45, 2.75) is 58.2 Å². The minimum Gasteiger partial charge on any atom is -0.350 e. The molecular formula is C24H29N5O3. The monoisotopic (exact) mass is 435 g/mol. The molecule has 1 aromatic heterocycles. The van der Waals surface area contributed by atoms with E-state index >= 15 is 0 Å². The highest BCUT2D eigenvalue weighted by Gasteiger charge is 2.65. The first kappa shape index (κ1) is 20.7. The lowest BCUT2D eigenvalue weighted by molar-refractivity contribution is -0.136. The number of carbonyl (C=O) groups is 3. The van der Waals surface area contributed by atoms with Crippen LogP contribution in [0.3, 0.4) is 0 Å². The number of hydrogen-bond acceptors (Lipinski definition) is 4. The third kappa shape index (κ3) is 3.57. The fourth-order valence-corrected chi connectivity index (χ4v) is 5.01. The van der Waals surface area contributed by atoms with Gasteiger partial charge in [0.1, 0.15) is 12.1 Å². The molecule has 0 atom stereocenters. The van der Waals surface area contributed by atoms with Crippen LogP contribution in [0.5, 0.6) is 0 Å². The van der Waals surface area contributed by atoms with Gasteiger partial charge < -0.3 is 10.6 Å². The van der Waals surface area contributed by atoms with Gasteiger partial charge in [-0.25, -0.2) is 4.79 Å². The molecule has 1 aromatic carbocycles. The lowest BCUT2D eigenvalue weighted by Crippen LogP contribution is -2.51. The van der Waals surface area contributed by atoms with Gasteiger partial charge in [-0.2, -0.15) is 5.10 Å². The second-order valence-corrected chi connectivity index (χ2v) is 9.31. The molecule has 2 saturated carbocycles. The van der Waals surface area contributed by atoms with Crippen LogP contribution in [0, 0.1) is 25.7 Å². The summed E-state index contributed by atoms with van der Waals surface area (Å²) in [4.78, 5) is 39.5. The van der Waals surface area contributed by atoms with Gasteiger partial charge >= 0.3 is 6.03 Å². The third-order valence-corrected chi connectivity index (χ3v) is 7.07. The number of nitrogens with one attached hydrogen (secondary N) is 2. The van der Waals surface area contributed by atoms with Crippen LogP contribution in [0.4, 0.5) is 4.79 Å². The first-order valence-electron chi connectivity index (χ1n) is 11.4. The van der Waals surface area contributed by atoms with Crippen molar-refractivity contribution in [1.82, 2.24) is 25.3 Å². The van der Waals surface area contributed by atoms with Gasteiger partial charge in [0, 0.05) is 17.8 Å². The Morgan fingerprint density at radius 1 is 1.12 bits per heavy atom. The van der Waals surface area contributed by atoms with Gasteiger partial charge in [-0.3, -0.25) is 19.2 Å². The lowest BCUT2D eigenvalue weighted by atomic mass is 9.87. The number of rotatable bonds is 8. The number of nitrogens with zero attached hydrogens (tertiary/aromatic N) is 3. The Morgan fingerprint density at radius 2 is 1.78 bits per heavy atom. The molecule has 2 aromatic rings. The van der Waals surface area contributed by atoms with E-state index in [2.05, 4.69) is 27.9 Å². The van der Waals surface area contributed by atoms with Gasteiger partial charge in [0.2, 0.25) is 5.91 Å². The Morgan fingerprint density at radius 3 is 2.41 bits per heavy atom. The smallest absolute Gasteiger partial charge is 0.325 e. The highest BCUT2D eigenvalue weighted by Crippen LogP contribution is 2.54. The number of imide groups is 1. The summed E-state index contributed by atoms with van der Waals surface area (Å²) in [5.74, 6) is -0.114. The Hall–Kier alpha value is -3.16. The molecule has 5 rings (SSSR count). The van der Waals surface area contributed by atoms with Crippen LogP contribution in [-0.4, -0.2) is 44.6 Å². The van der Waals surface area contributed by atoms with Crippen molar-refractivity contribution >= 4 is 17.8 Å². The molecule has 8 heteroatoms. The number of amides is 4. The van der Waals surface area contributed by atoms with Crippen LogP contribution in [0.25, 0.3) is 0 Å². The molecule has 0 unspecified atom stereocenters. The van der Waals surface area contributed by atoms with Crippen molar-refractivity contribution in [2.24, 2.45) is 11.8 Å². The summed E-state index contributed by atoms with van der Waals surface area (Å²) < 4.78 is 1.93. The second kappa shape index (κ2) is 7.76. The summed E-state index contributed by atoms with van der Waals surface area (Å²) in [6.07, 6.45) is 3.87. The van der Waals surface area contributed by atoms with Gasteiger partial charge in [-0.15, -0.1) is 0 Å². The molecule has 4 amide bonds. The Labute approximate surface area is 187 Å². The van der Waals surface area contributed by atoms with E-state index < -0.39 is 11.6 Å². The fraction of sp³-hybridized carbons (Fsp3) is 0.500. The average Bonchev–Trinajstić information content (AvgIpc) is 3.69. The van der Waals surface area contributed by atoms with E-state index in [-0.39, 0.29) is 30.2 Å². The Bertz CT molecular complexity index is 1060. The lowest BCUT2D eigenvalue weighted by Gasteiger charge is -2.26. The van der Waals surface area contributed by atoms with E-state index in [0.717, 1.165) is 53.1 Å². The zero-order valence-electron chi connectivity index (χ0n) is 18.6. The Kier molecular flexibility index (Phi) is 5.03. The van der Waals surface area contributed by atoms with Crippen LogP contribution in [0.15, 0.2) is 30.3 Å². The van der Waals surface area contributed by atoms with E-state index in [9.17, 15) is 14.4 Å². The predicted octanol–water partition coefficient (Wildman–Crippen LogP) is 2.28. The molecule has 168 valence electrons. The number of hydrogen-bond donors (Lipinski definition) is 2. The maximum Gasteiger partial charge on any atom is 0.325 e. The van der Waals surface area contributed by atoms with Crippen molar-refractivity contribution in [2.75, 3.05) is 6.54 Å². The molecule has 1 aliphatic heterocycles. The number of aryl methyl sites for hydroxylation is 1. The Balaban J connectivity index is 1.22. The molecule has 3 fully saturated rings. The van der Waals surface area contributed by atoms with Crippen molar-refractivity contribution in [1.29, 1.82) is 0 Å². The summed E-state index contributed by atoms with van der Waals surface area (Å²) in [6, 6.07) is 9.65. The van der Waals surface area contributed by atoms with Gasteiger partial charge in [0.15, 0.2) is 0 Å². The van der Waals surface area contributed by atoms with Crippen LogP contribution in [-0.2, 0) is 22.7 Å². The van der Waals surface area contributed by atoms with Gasteiger partial charge in [-0.1, -0.05) is 30.3 Å². The van der Waals surface area contributed by atoms with Crippen LogP contribution < -0.4 is 10.6 Å². The molecule has 32 heavy (non-hydrogen) atoms. The van der Waals surface area contributed by atoms with Crippen LogP contribution >= 0.6 is 0 Å². The van der Waals surface area contributed by atoms with E-state index in [1.807, 2.05) is 36.7 Å². The van der Waals surface area contributed by atoms with Gasteiger partial charge in [-0.05, 0) is 56.9 Å². The number of aromatic nitrogens is 2. The van der Waals surface area contributed by atoms with Crippen molar-refractivity contribution in [3.8, 4) is 0 Å². The molecule has 0 radical (unpaired) electrons. The molecule has 1 saturated heterocycles. The summed E-state index contributed by atoms with van der Waals surface area (Å²) >= 11 is 0. The first-order valence-corrected chi connectivity index (χ1v) is 11.4. The quantitative estimate of drug-likeness (QED) is 0.622. The number of carbonyl (C=O) groups excluding carboxylic acids is 3. The largest absolute Gasteiger partial charge is 0.350 e. The highest BCUT2D eigenvalue weighted by molar-refractivity contribution is 6.09. The second-order valence-electron chi connectivity index (χ2n) is 9.31. The molecule has 8 nitrogen and oxygen atoms in total. The normalized spacial score (nSPS) is 19.9. The summed E-state index contributed by atoms with van der Waals surface area (Å²) in [7, 11) is 0. The molecule has 2 N–H and O–H groups in total. The maximum atomic E-state index is 13.1. The van der Waals surface area contributed by atoms with Gasteiger partial charge in [0.05, 0.1) is 12.2 Å². The van der Waals surface area contributed by atoms with Crippen molar-refractivity contribution in [3.05, 3.63) is 52.8 Å². The minimum atomic E-state index is -0.761. The predicted molar refractivity (Wildman–Crippen MR) is 118 cm³/mol. The summed E-state index contributed by atoms with van der Waals surface area (Å²) in [5.41, 5.74) is 3.19. The first-order chi connectivity index (χ1) is 15.4. The van der Waals surface area contributed by atoms with Crippen molar-refractivity contribution < 1.29 is 14.4 Å². The average molecular weight is 436 g/mol. The molecular weight excluding hydrogens is 406 g/mol. The molecule has 2 heterocycles.